The van der Waals surface area contributed by atoms with E-state index in [2.05, 4.69) is 28.4 Å². The molecule has 1 aromatic carbocycles. The number of pyridine rings is 1. The quantitative estimate of drug-likeness (QED) is 0.453. The number of aromatic nitrogens is 1. The van der Waals surface area contributed by atoms with Gasteiger partial charge in [0.2, 0.25) is 5.91 Å². The van der Waals surface area contributed by atoms with Gasteiger partial charge in [0.25, 0.3) is 0 Å². The maximum atomic E-state index is 14.5. The molecular formula is C27H32FN3O2. The van der Waals surface area contributed by atoms with E-state index in [4.69, 9.17) is 0 Å². The fourth-order valence-corrected chi connectivity index (χ4v) is 7.20. The first-order chi connectivity index (χ1) is 15.9. The first kappa shape index (κ1) is 22.1. The Morgan fingerprint density at radius 2 is 2.18 bits per heavy atom. The molecule has 0 saturated heterocycles. The SMILES string of the molecule is Cc1ccnc(NC(=O)CC[C@@H]2C/C(=N\O)C3(C)CCC4c5cccc(F)c5CCC4C23)c1. The Hall–Kier alpha value is -2.76. The van der Waals surface area contributed by atoms with Gasteiger partial charge in [-0.1, -0.05) is 24.2 Å². The number of halogens is 1. The Balaban J connectivity index is 1.36. The summed E-state index contributed by atoms with van der Waals surface area (Å²) < 4.78 is 14.5. The highest BCUT2D eigenvalue weighted by Crippen LogP contribution is 2.62. The third kappa shape index (κ3) is 3.83. The van der Waals surface area contributed by atoms with E-state index in [0.29, 0.717) is 30.0 Å². The fraction of sp³-hybridized carbons (Fsp3) is 0.519. The summed E-state index contributed by atoms with van der Waals surface area (Å²) in [6.07, 6.45) is 7.21. The number of fused-ring (bicyclic) bond motifs is 5. The zero-order valence-electron chi connectivity index (χ0n) is 19.4. The van der Waals surface area contributed by atoms with Crippen molar-refractivity contribution in [2.45, 2.75) is 64.7 Å². The molecule has 0 spiro atoms. The molecule has 4 unspecified atom stereocenters. The molecule has 3 aliphatic rings. The smallest absolute Gasteiger partial charge is 0.225 e. The van der Waals surface area contributed by atoms with Crippen LogP contribution >= 0.6 is 0 Å². The number of hydrogen-bond donors (Lipinski definition) is 2. The van der Waals surface area contributed by atoms with Gasteiger partial charge in [-0.25, -0.2) is 9.37 Å². The highest BCUT2D eigenvalue weighted by Gasteiger charge is 2.57. The molecule has 2 saturated carbocycles. The van der Waals surface area contributed by atoms with Crippen molar-refractivity contribution < 1.29 is 14.4 Å². The Bertz CT molecular complexity index is 1100. The van der Waals surface area contributed by atoms with Crippen LogP contribution in [0.25, 0.3) is 0 Å². The van der Waals surface area contributed by atoms with Crippen molar-refractivity contribution in [2.24, 2.45) is 28.3 Å². The third-order valence-corrected chi connectivity index (χ3v) is 8.64. The van der Waals surface area contributed by atoms with Gasteiger partial charge in [-0.2, -0.15) is 0 Å². The van der Waals surface area contributed by atoms with E-state index >= 15 is 0 Å². The number of nitrogens with zero attached hydrogens (tertiary/aromatic N) is 2. The Labute approximate surface area is 194 Å². The van der Waals surface area contributed by atoms with Crippen molar-refractivity contribution in [3.05, 3.63) is 59.0 Å². The molecule has 1 heterocycles. The average molecular weight is 450 g/mol. The van der Waals surface area contributed by atoms with E-state index in [1.807, 2.05) is 25.1 Å². The molecule has 33 heavy (non-hydrogen) atoms. The molecule has 0 bridgehead atoms. The molecule has 5 nitrogen and oxygen atoms in total. The van der Waals surface area contributed by atoms with Gasteiger partial charge in [0.1, 0.15) is 11.6 Å². The Morgan fingerprint density at radius 3 is 2.97 bits per heavy atom. The lowest BCUT2D eigenvalue weighted by molar-refractivity contribution is -0.116. The molecule has 2 N–H and O–H groups in total. The molecule has 5 atom stereocenters. The van der Waals surface area contributed by atoms with E-state index in [1.54, 1.807) is 12.3 Å². The topological polar surface area (TPSA) is 74.6 Å². The second kappa shape index (κ2) is 8.54. The number of benzene rings is 1. The lowest BCUT2D eigenvalue weighted by Gasteiger charge is -2.50. The summed E-state index contributed by atoms with van der Waals surface area (Å²) in [7, 11) is 0. The molecule has 2 fully saturated rings. The van der Waals surface area contributed by atoms with Gasteiger partial charge in [-0.15, -0.1) is 0 Å². The number of oxime groups is 1. The van der Waals surface area contributed by atoms with Crippen molar-refractivity contribution in [3.63, 3.8) is 0 Å². The predicted octanol–water partition coefficient (Wildman–Crippen LogP) is 5.86. The Morgan fingerprint density at radius 1 is 1.33 bits per heavy atom. The van der Waals surface area contributed by atoms with Crippen LogP contribution < -0.4 is 5.32 Å². The minimum Gasteiger partial charge on any atom is -0.411 e. The van der Waals surface area contributed by atoms with Crippen LogP contribution in [0, 0.1) is 35.9 Å². The summed E-state index contributed by atoms with van der Waals surface area (Å²) in [6.45, 7) is 4.21. The molecule has 6 heteroatoms. The van der Waals surface area contributed by atoms with Crippen molar-refractivity contribution in [3.8, 4) is 0 Å². The van der Waals surface area contributed by atoms with Crippen molar-refractivity contribution in [1.82, 2.24) is 4.98 Å². The zero-order chi connectivity index (χ0) is 23.2. The number of nitrogens with one attached hydrogen (secondary N) is 1. The first-order valence-corrected chi connectivity index (χ1v) is 12.1. The van der Waals surface area contributed by atoms with Crippen LogP contribution in [0.5, 0.6) is 0 Å². The van der Waals surface area contributed by atoms with Crippen molar-refractivity contribution >= 4 is 17.4 Å². The lowest BCUT2D eigenvalue weighted by atomic mass is 9.54. The maximum absolute atomic E-state index is 14.5. The summed E-state index contributed by atoms with van der Waals surface area (Å²) in [5.74, 6) is 1.84. The van der Waals surface area contributed by atoms with Crippen LogP contribution in [0.3, 0.4) is 0 Å². The number of amides is 1. The standard InChI is InChI=1S/C27H32FN3O2/c1-16-11-13-29-24(14-16)30-25(32)9-6-17-15-23(31-33)27(2)12-10-19-18-4-3-5-22(28)20(18)7-8-21(19)26(17)27/h3-5,11,13-14,17,19,21,26,33H,6-10,12,15H2,1-2H3,(H,29,30,32)/b31-23+/t17-,19?,21?,26?,27?/m1/s1. The minimum absolute atomic E-state index is 0.0346. The zero-order valence-corrected chi connectivity index (χ0v) is 19.4. The van der Waals surface area contributed by atoms with Crippen molar-refractivity contribution in [1.29, 1.82) is 0 Å². The third-order valence-electron chi connectivity index (χ3n) is 8.64. The number of hydrogen-bond acceptors (Lipinski definition) is 4. The summed E-state index contributed by atoms with van der Waals surface area (Å²) in [5.41, 5.74) is 3.84. The summed E-state index contributed by atoms with van der Waals surface area (Å²) in [4.78, 5) is 16.9. The van der Waals surface area contributed by atoms with Crippen LogP contribution in [-0.4, -0.2) is 21.8 Å². The number of carbonyl (C=O) groups is 1. The first-order valence-electron chi connectivity index (χ1n) is 12.1. The largest absolute Gasteiger partial charge is 0.411 e. The van der Waals surface area contributed by atoms with Crippen molar-refractivity contribution in [2.75, 3.05) is 5.32 Å². The second-order valence-corrected chi connectivity index (χ2v) is 10.4. The molecule has 1 amide bonds. The summed E-state index contributed by atoms with van der Waals surface area (Å²) in [5, 5.41) is 16.5. The lowest BCUT2D eigenvalue weighted by Crippen LogP contribution is -2.44. The summed E-state index contributed by atoms with van der Waals surface area (Å²) >= 11 is 0. The number of anilines is 1. The maximum Gasteiger partial charge on any atom is 0.225 e. The van der Waals surface area contributed by atoms with Gasteiger partial charge in [-0.05, 0) is 104 Å². The van der Waals surface area contributed by atoms with E-state index in [-0.39, 0.29) is 23.1 Å². The van der Waals surface area contributed by atoms with E-state index in [9.17, 15) is 14.4 Å². The van der Waals surface area contributed by atoms with Gasteiger partial charge >= 0.3 is 0 Å². The molecular weight excluding hydrogens is 417 g/mol. The van der Waals surface area contributed by atoms with E-state index in [0.717, 1.165) is 55.4 Å². The monoisotopic (exact) mass is 449 g/mol. The normalized spacial score (nSPS) is 31.5. The fourth-order valence-electron chi connectivity index (χ4n) is 7.20. The van der Waals surface area contributed by atoms with Gasteiger partial charge in [0.15, 0.2) is 0 Å². The van der Waals surface area contributed by atoms with Gasteiger partial charge in [-0.3, -0.25) is 4.79 Å². The average Bonchev–Trinajstić information content (AvgIpc) is 3.09. The molecule has 0 aliphatic heterocycles. The minimum atomic E-state index is -0.153. The van der Waals surface area contributed by atoms with Crippen LogP contribution in [0.2, 0.25) is 0 Å². The molecule has 0 radical (unpaired) electrons. The highest BCUT2D eigenvalue weighted by atomic mass is 19.1. The number of carbonyl (C=O) groups excluding carboxylic acids is 1. The van der Waals surface area contributed by atoms with Gasteiger partial charge in [0, 0.05) is 18.0 Å². The number of aryl methyl sites for hydroxylation is 1. The van der Waals surface area contributed by atoms with Gasteiger partial charge < -0.3 is 10.5 Å². The van der Waals surface area contributed by atoms with Gasteiger partial charge in [0.05, 0.1) is 5.71 Å². The molecule has 3 aliphatic carbocycles. The summed E-state index contributed by atoms with van der Waals surface area (Å²) in [6, 6.07) is 9.28. The van der Waals surface area contributed by atoms with Crippen LogP contribution in [-0.2, 0) is 11.2 Å². The highest BCUT2D eigenvalue weighted by molar-refractivity contribution is 5.93. The predicted molar refractivity (Wildman–Crippen MR) is 126 cm³/mol. The molecule has 2 aromatic rings. The second-order valence-electron chi connectivity index (χ2n) is 10.4. The van der Waals surface area contributed by atoms with Crippen LogP contribution in [0.1, 0.15) is 68.1 Å². The molecule has 174 valence electrons. The Kier molecular flexibility index (Phi) is 5.71. The van der Waals surface area contributed by atoms with E-state index < -0.39 is 0 Å². The number of rotatable bonds is 4. The van der Waals surface area contributed by atoms with Crippen LogP contribution in [0.4, 0.5) is 10.2 Å². The van der Waals surface area contributed by atoms with Crippen LogP contribution in [0.15, 0.2) is 41.7 Å². The molecule has 5 rings (SSSR count). The molecule has 1 aromatic heterocycles. The van der Waals surface area contributed by atoms with E-state index in [1.165, 1.54) is 5.56 Å².